The highest BCUT2D eigenvalue weighted by molar-refractivity contribution is 9.10. The van der Waals surface area contributed by atoms with E-state index in [0.29, 0.717) is 18.2 Å². The normalized spacial score (nSPS) is 11.3. The van der Waals surface area contributed by atoms with Gasteiger partial charge in [-0.1, -0.05) is 28.1 Å². The Morgan fingerprint density at radius 3 is 2.57 bits per heavy atom. The molecule has 0 radical (unpaired) electrons. The summed E-state index contributed by atoms with van der Waals surface area (Å²) in [7, 11) is 0. The Kier molecular flexibility index (Phi) is 5.37. The highest BCUT2D eigenvalue weighted by atomic mass is 79.9. The smallest absolute Gasteiger partial charge is 0.127 e. The van der Waals surface area contributed by atoms with Crippen LogP contribution in [0.3, 0.4) is 0 Å². The summed E-state index contributed by atoms with van der Waals surface area (Å²) in [5, 5.41) is 0. The molecule has 0 saturated carbocycles. The number of rotatable bonds is 5. The van der Waals surface area contributed by atoms with Crippen molar-refractivity contribution >= 4 is 21.6 Å². The quantitative estimate of drug-likeness (QED) is 0.799. The number of nitrogen functional groups attached to an aromatic ring is 1. The number of nitrogens with zero attached hydrogens (tertiary/aromatic N) is 1. The fourth-order valence-electron chi connectivity index (χ4n) is 2.23. The predicted molar refractivity (Wildman–Crippen MR) is 89.3 cm³/mol. The summed E-state index contributed by atoms with van der Waals surface area (Å²) in [5.41, 5.74) is 8.41. The number of benzene rings is 2. The lowest BCUT2D eigenvalue weighted by Gasteiger charge is -2.27. The minimum atomic E-state index is -0.170. The molecule has 0 spiro atoms. The molecule has 0 amide bonds. The van der Waals surface area contributed by atoms with Gasteiger partial charge in [-0.3, -0.25) is 4.90 Å². The van der Waals surface area contributed by atoms with E-state index in [1.807, 2.05) is 30.3 Å². The molecule has 0 aromatic heterocycles. The summed E-state index contributed by atoms with van der Waals surface area (Å²) in [5.74, 6) is -0.170. The molecule has 0 saturated heterocycles. The van der Waals surface area contributed by atoms with E-state index in [2.05, 4.69) is 34.7 Å². The molecule has 0 heterocycles. The zero-order valence-corrected chi connectivity index (χ0v) is 13.9. The van der Waals surface area contributed by atoms with Crippen molar-refractivity contribution in [1.82, 2.24) is 4.90 Å². The summed E-state index contributed by atoms with van der Waals surface area (Å²) >= 11 is 3.40. The molecule has 0 atom stereocenters. The molecule has 4 heteroatoms. The van der Waals surface area contributed by atoms with Crippen molar-refractivity contribution in [2.45, 2.75) is 33.0 Å². The second-order valence-corrected chi connectivity index (χ2v) is 6.40. The number of anilines is 1. The molecule has 0 unspecified atom stereocenters. The lowest BCUT2D eigenvalue weighted by atomic mass is 10.1. The highest BCUT2D eigenvalue weighted by Crippen LogP contribution is 2.20. The molecular weight excluding hydrogens is 331 g/mol. The van der Waals surface area contributed by atoms with E-state index in [1.54, 1.807) is 6.07 Å². The average Bonchev–Trinajstić information content (AvgIpc) is 2.42. The molecule has 0 fully saturated rings. The summed E-state index contributed by atoms with van der Waals surface area (Å²) in [6, 6.07) is 13.2. The number of halogens is 2. The van der Waals surface area contributed by atoms with Gasteiger partial charge in [0.1, 0.15) is 5.82 Å². The highest BCUT2D eigenvalue weighted by Gasteiger charge is 2.14. The van der Waals surface area contributed by atoms with Crippen molar-refractivity contribution in [3.63, 3.8) is 0 Å². The van der Waals surface area contributed by atoms with Gasteiger partial charge in [-0.15, -0.1) is 0 Å². The maximum atomic E-state index is 13.9. The van der Waals surface area contributed by atoms with Crippen molar-refractivity contribution in [1.29, 1.82) is 0 Å². The molecular formula is C17H20BrFN2. The van der Waals surface area contributed by atoms with Crippen LogP contribution in [0.5, 0.6) is 0 Å². The Bertz CT molecular complexity index is 613. The maximum Gasteiger partial charge on any atom is 0.127 e. The van der Waals surface area contributed by atoms with Crippen LogP contribution >= 0.6 is 15.9 Å². The van der Waals surface area contributed by atoms with Crippen LogP contribution < -0.4 is 5.73 Å². The predicted octanol–water partition coefficient (Wildman–Crippen LogP) is 4.58. The van der Waals surface area contributed by atoms with E-state index in [4.69, 9.17) is 5.73 Å². The second kappa shape index (κ2) is 7.05. The van der Waals surface area contributed by atoms with Gasteiger partial charge in [0, 0.05) is 34.9 Å². The molecule has 2 aromatic carbocycles. The van der Waals surface area contributed by atoms with Crippen LogP contribution in [0.1, 0.15) is 25.0 Å². The molecule has 0 aliphatic carbocycles. The molecule has 0 aliphatic rings. The SMILES string of the molecule is CC(C)N(Cc1cccc(N)c1)Cc1cc(Br)ccc1F. The Balaban J connectivity index is 2.18. The fourth-order valence-corrected chi connectivity index (χ4v) is 2.64. The van der Waals surface area contributed by atoms with Crippen LogP contribution in [0.15, 0.2) is 46.9 Å². The first kappa shape index (κ1) is 16.0. The van der Waals surface area contributed by atoms with Crippen LogP contribution in [0.2, 0.25) is 0 Å². The van der Waals surface area contributed by atoms with Crippen molar-refractivity contribution in [2.24, 2.45) is 0 Å². The molecule has 2 aromatic rings. The van der Waals surface area contributed by atoms with Gasteiger partial charge in [0.25, 0.3) is 0 Å². The van der Waals surface area contributed by atoms with E-state index < -0.39 is 0 Å². The molecule has 2 nitrogen and oxygen atoms in total. The van der Waals surface area contributed by atoms with Crippen LogP contribution in [0.4, 0.5) is 10.1 Å². The third kappa shape index (κ3) is 4.55. The first-order valence-corrected chi connectivity index (χ1v) is 7.77. The van der Waals surface area contributed by atoms with E-state index in [0.717, 1.165) is 22.3 Å². The number of hydrogen-bond donors (Lipinski definition) is 1. The first-order chi connectivity index (χ1) is 9.95. The lowest BCUT2D eigenvalue weighted by Crippen LogP contribution is -2.30. The minimum Gasteiger partial charge on any atom is -0.399 e. The number of nitrogens with two attached hydrogens (primary N) is 1. The topological polar surface area (TPSA) is 29.3 Å². The summed E-state index contributed by atoms with van der Waals surface area (Å²) in [4.78, 5) is 2.22. The lowest BCUT2D eigenvalue weighted by molar-refractivity contribution is 0.201. The molecule has 2 rings (SSSR count). The summed E-state index contributed by atoms with van der Waals surface area (Å²) in [6.45, 7) is 5.54. The van der Waals surface area contributed by atoms with Gasteiger partial charge in [-0.2, -0.15) is 0 Å². The fraction of sp³-hybridized carbons (Fsp3) is 0.294. The van der Waals surface area contributed by atoms with Crippen molar-refractivity contribution < 1.29 is 4.39 Å². The van der Waals surface area contributed by atoms with E-state index in [9.17, 15) is 4.39 Å². The van der Waals surface area contributed by atoms with Crippen molar-refractivity contribution in [3.8, 4) is 0 Å². The zero-order chi connectivity index (χ0) is 15.4. The second-order valence-electron chi connectivity index (χ2n) is 5.48. The third-order valence-corrected chi connectivity index (χ3v) is 3.94. The van der Waals surface area contributed by atoms with E-state index in [-0.39, 0.29) is 5.82 Å². The van der Waals surface area contributed by atoms with Gasteiger partial charge in [0.2, 0.25) is 0 Å². The van der Waals surface area contributed by atoms with E-state index >= 15 is 0 Å². The standard InChI is InChI=1S/C17H20BrFN2/c1-12(2)21(10-13-4-3-5-16(20)8-13)11-14-9-15(18)6-7-17(14)19/h3-9,12H,10-11,20H2,1-2H3. The zero-order valence-electron chi connectivity index (χ0n) is 12.3. The largest absolute Gasteiger partial charge is 0.399 e. The third-order valence-electron chi connectivity index (χ3n) is 3.45. The van der Waals surface area contributed by atoms with Gasteiger partial charge in [0.15, 0.2) is 0 Å². The van der Waals surface area contributed by atoms with Crippen LogP contribution in [-0.4, -0.2) is 10.9 Å². The average molecular weight is 351 g/mol. The van der Waals surface area contributed by atoms with Crippen molar-refractivity contribution in [2.75, 3.05) is 5.73 Å². The summed E-state index contributed by atoms with van der Waals surface area (Å²) in [6.07, 6.45) is 0. The van der Waals surface area contributed by atoms with Crippen LogP contribution in [0.25, 0.3) is 0 Å². The van der Waals surface area contributed by atoms with Gasteiger partial charge < -0.3 is 5.73 Å². The van der Waals surface area contributed by atoms with Crippen molar-refractivity contribution in [3.05, 3.63) is 63.9 Å². The maximum absolute atomic E-state index is 13.9. The molecule has 112 valence electrons. The molecule has 2 N–H and O–H groups in total. The Morgan fingerprint density at radius 1 is 1.14 bits per heavy atom. The minimum absolute atomic E-state index is 0.170. The van der Waals surface area contributed by atoms with Crippen LogP contribution in [0, 0.1) is 5.82 Å². The molecule has 21 heavy (non-hydrogen) atoms. The molecule has 0 aliphatic heterocycles. The monoisotopic (exact) mass is 350 g/mol. The van der Waals surface area contributed by atoms with Crippen LogP contribution in [-0.2, 0) is 13.1 Å². The van der Waals surface area contributed by atoms with Gasteiger partial charge in [-0.25, -0.2) is 4.39 Å². The van der Waals surface area contributed by atoms with E-state index in [1.165, 1.54) is 6.07 Å². The number of hydrogen-bond acceptors (Lipinski definition) is 2. The first-order valence-electron chi connectivity index (χ1n) is 6.98. The van der Waals surface area contributed by atoms with Gasteiger partial charge in [-0.05, 0) is 49.7 Å². The molecule has 0 bridgehead atoms. The Morgan fingerprint density at radius 2 is 1.90 bits per heavy atom. The Hall–Kier alpha value is -1.39. The van der Waals surface area contributed by atoms with Gasteiger partial charge in [0.05, 0.1) is 0 Å². The Labute approximate surface area is 133 Å². The summed E-state index contributed by atoms with van der Waals surface area (Å²) < 4.78 is 14.8. The van der Waals surface area contributed by atoms with Gasteiger partial charge >= 0.3 is 0 Å².